The van der Waals surface area contributed by atoms with Gasteiger partial charge in [0.1, 0.15) is 5.75 Å². The van der Waals surface area contributed by atoms with E-state index < -0.39 is 5.25 Å². The first-order valence-electron chi connectivity index (χ1n) is 7.68. The minimum atomic E-state index is -0.537. The highest BCUT2D eigenvalue weighted by Crippen LogP contribution is 2.24. The van der Waals surface area contributed by atoms with Crippen LogP contribution >= 0.6 is 27.7 Å². The molecule has 0 radical (unpaired) electrons. The number of phenolic OH excluding ortho intramolecular Hbond substituents is 1. The summed E-state index contributed by atoms with van der Waals surface area (Å²) in [5.74, 6) is -0.279. The van der Waals surface area contributed by atoms with Crippen molar-refractivity contribution < 1.29 is 14.7 Å². The fourth-order valence-corrected chi connectivity index (χ4v) is 3.44. The maximum atomic E-state index is 12.3. The number of Topliss-reactive ketones (excluding diaryl/α,β-unsaturated/α-hetero) is 1. The van der Waals surface area contributed by atoms with Crippen molar-refractivity contribution >= 4 is 50.8 Å². The Bertz CT molecular complexity index is 897. The van der Waals surface area contributed by atoms with Gasteiger partial charge in [-0.2, -0.15) is 5.10 Å². The maximum Gasteiger partial charge on any atom is 0.240 e. The first-order valence-corrected chi connectivity index (χ1v) is 9.35. The number of halogens is 1. The van der Waals surface area contributed by atoms with E-state index in [9.17, 15) is 14.7 Å². The van der Waals surface area contributed by atoms with E-state index in [1.807, 2.05) is 0 Å². The molecule has 0 bridgehead atoms. The van der Waals surface area contributed by atoms with Crippen LogP contribution in [0.3, 0.4) is 0 Å². The van der Waals surface area contributed by atoms with Crippen LogP contribution in [0.1, 0.15) is 22.3 Å². The zero-order valence-corrected chi connectivity index (χ0v) is 15.8. The third kappa shape index (κ3) is 4.59. The SMILES string of the molecule is O=C(C[C@H]1S/C(=N/N=C\c2ccccc2O)NC1=O)c1ccc(Br)cc1. The lowest BCUT2D eigenvalue weighted by molar-refractivity contribution is -0.118. The van der Waals surface area contributed by atoms with Gasteiger partial charge in [0.25, 0.3) is 0 Å². The minimum absolute atomic E-state index is 0.0837. The molecule has 1 aliphatic rings. The molecule has 132 valence electrons. The number of thioether (sulfide) groups is 1. The van der Waals surface area contributed by atoms with E-state index in [0.717, 1.165) is 4.47 Å². The predicted molar refractivity (Wildman–Crippen MR) is 106 cm³/mol. The Kier molecular flexibility index (Phi) is 5.85. The highest BCUT2D eigenvalue weighted by atomic mass is 79.9. The average Bonchev–Trinajstić information content (AvgIpc) is 2.96. The molecule has 1 fully saturated rings. The lowest BCUT2D eigenvalue weighted by atomic mass is 10.1. The monoisotopic (exact) mass is 431 g/mol. The van der Waals surface area contributed by atoms with E-state index in [-0.39, 0.29) is 23.9 Å². The highest BCUT2D eigenvalue weighted by molar-refractivity contribution is 9.10. The number of carbonyl (C=O) groups excluding carboxylic acids is 2. The quantitative estimate of drug-likeness (QED) is 0.431. The molecule has 1 saturated heterocycles. The zero-order chi connectivity index (χ0) is 18.5. The molecule has 0 saturated carbocycles. The summed E-state index contributed by atoms with van der Waals surface area (Å²) in [6.45, 7) is 0. The molecule has 2 aromatic carbocycles. The first kappa shape index (κ1) is 18.3. The third-order valence-corrected chi connectivity index (χ3v) is 5.20. The molecule has 1 atom stereocenters. The fraction of sp³-hybridized carbons (Fsp3) is 0.111. The van der Waals surface area contributed by atoms with E-state index >= 15 is 0 Å². The van der Waals surface area contributed by atoms with Gasteiger partial charge in [-0.1, -0.05) is 52.0 Å². The standard InChI is InChI=1S/C18H14BrN3O3S/c19-13-7-5-11(6-8-13)15(24)9-16-17(25)21-18(26-16)22-20-10-12-3-1-2-4-14(12)23/h1-8,10,16,23H,9H2,(H,21,22,25)/b20-10-/t16-/m1/s1. The largest absolute Gasteiger partial charge is 0.507 e. The molecule has 0 aliphatic carbocycles. The molecule has 26 heavy (non-hydrogen) atoms. The Morgan fingerprint density at radius 2 is 1.96 bits per heavy atom. The number of para-hydroxylation sites is 1. The van der Waals surface area contributed by atoms with Gasteiger partial charge < -0.3 is 10.4 Å². The smallest absolute Gasteiger partial charge is 0.240 e. The Balaban J connectivity index is 1.62. The van der Waals surface area contributed by atoms with Gasteiger partial charge in [0, 0.05) is 22.0 Å². The molecule has 0 aromatic heterocycles. The van der Waals surface area contributed by atoms with Gasteiger partial charge in [-0.25, -0.2) is 0 Å². The van der Waals surface area contributed by atoms with Crippen molar-refractivity contribution in [1.82, 2.24) is 5.32 Å². The van der Waals surface area contributed by atoms with Crippen LogP contribution in [0.4, 0.5) is 0 Å². The van der Waals surface area contributed by atoms with Crippen molar-refractivity contribution in [3.8, 4) is 5.75 Å². The number of phenols is 1. The van der Waals surface area contributed by atoms with Gasteiger partial charge in [0.15, 0.2) is 11.0 Å². The van der Waals surface area contributed by atoms with E-state index in [0.29, 0.717) is 16.3 Å². The van der Waals surface area contributed by atoms with Crippen molar-refractivity contribution in [2.24, 2.45) is 10.2 Å². The molecule has 1 heterocycles. The third-order valence-electron chi connectivity index (χ3n) is 3.60. The number of amidine groups is 1. The number of nitrogens with one attached hydrogen (secondary N) is 1. The average molecular weight is 432 g/mol. The lowest BCUT2D eigenvalue weighted by Gasteiger charge is -2.04. The van der Waals surface area contributed by atoms with Crippen molar-refractivity contribution in [3.05, 3.63) is 64.1 Å². The molecule has 0 spiro atoms. The summed E-state index contributed by atoms with van der Waals surface area (Å²) in [6, 6.07) is 13.7. The number of benzene rings is 2. The summed E-state index contributed by atoms with van der Waals surface area (Å²) < 4.78 is 0.888. The summed E-state index contributed by atoms with van der Waals surface area (Å²) in [5, 5.41) is 19.9. The molecular weight excluding hydrogens is 418 g/mol. The zero-order valence-electron chi connectivity index (χ0n) is 13.4. The van der Waals surface area contributed by atoms with E-state index in [4.69, 9.17) is 0 Å². The highest BCUT2D eigenvalue weighted by Gasteiger charge is 2.32. The number of rotatable bonds is 5. The number of nitrogens with zero attached hydrogens (tertiary/aromatic N) is 2. The second kappa shape index (κ2) is 8.29. The van der Waals surface area contributed by atoms with Crippen LogP contribution in [0.25, 0.3) is 0 Å². The summed E-state index contributed by atoms with van der Waals surface area (Å²) in [6.07, 6.45) is 1.48. The molecule has 1 aliphatic heterocycles. The normalized spacial score (nSPS) is 18.4. The lowest BCUT2D eigenvalue weighted by Crippen LogP contribution is -2.26. The van der Waals surface area contributed by atoms with Crippen LogP contribution in [0, 0.1) is 0 Å². The van der Waals surface area contributed by atoms with Crippen LogP contribution in [-0.4, -0.2) is 33.4 Å². The number of carbonyl (C=O) groups is 2. The van der Waals surface area contributed by atoms with Crippen LogP contribution in [-0.2, 0) is 4.79 Å². The van der Waals surface area contributed by atoms with Crippen LogP contribution in [0.15, 0.2) is 63.2 Å². The molecule has 6 nitrogen and oxygen atoms in total. The Labute approximate surface area is 162 Å². The minimum Gasteiger partial charge on any atom is -0.507 e. The van der Waals surface area contributed by atoms with Crippen LogP contribution in [0.2, 0.25) is 0 Å². The summed E-state index contributed by atoms with van der Waals surface area (Å²) in [7, 11) is 0. The van der Waals surface area contributed by atoms with Crippen LogP contribution < -0.4 is 5.32 Å². The fourth-order valence-electron chi connectivity index (χ4n) is 2.25. The topological polar surface area (TPSA) is 91.1 Å². The second-order valence-electron chi connectivity index (χ2n) is 5.44. The predicted octanol–water partition coefficient (Wildman–Crippen LogP) is 3.35. The number of hydrogen-bond acceptors (Lipinski definition) is 6. The van der Waals surface area contributed by atoms with Gasteiger partial charge >= 0.3 is 0 Å². The Morgan fingerprint density at radius 3 is 2.69 bits per heavy atom. The summed E-state index contributed by atoms with van der Waals surface area (Å²) >= 11 is 4.49. The Morgan fingerprint density at radius 1 is 1.23 bits per heavy atom. The van der Waals surface area contributed by atoms with Gasteiger partial charge in [-0.05, 0) is 24.3 Å². The molecule has 8 heteroatoms. The number of ketones is 1. The Hall–Kier alpha value is -2.45. The molecule has 0 unspecified atom stereocenters. The second-order valence-corrected chi connectivity index (χ2v) is 7.55. The summed E-state index contributed by atoms with van der Waals surface area (Å²) in [5.41, 5.74) is 1.08. The molecular formula is C18H14BrN3O3S. The summed E-state index contributed by atoms with van der Waals surface area (Å²) in [4.78, 5) is 24.3. The van der Waals surface area contributed by atoms with Crippen molar-refractivity contribution in [2.45, 2.75) is 11.7 Å². The van der Waals surface area contributed by atoms with E-state index in [2.05, 4.69) is 31.4 Å². The van der Waals surface area contributed by atoms with Gasteiger partial charge in [0.05, 0.1) is 11.5 Å². The number of hydrogen-bond donors (Lipinski definition) is 2. The number of amides is 1. The van der Waals surface area contributed by atoms with Gasteiger partial charge in [-0.3, -0.25) is 9.59 Å². The van der Waals surface area contributed by atoms with Crippen molar-refractivity contribution in [1.29, 1.82) is 0 Å². The van der Waals surface area contributed by atoms with Crippen LogP contribution in [0.5, 0.6) is 5.75 Å². The van der Waals surface area contributed by atoms with E-state index in [1.165, 1.54) is 18.0 Å². The molecule has 2 aromatic rings. The van der Waals surface area contributed by atoms with Gasteiger partial charge in [-0.15, -0.1) is 5.10 Å². The molecule has 3 rings (SSSR count). The maximum absolute atomic E-state index is 12.3. The van der Waals surface area contributed by atoms with Crippen molar-refractivity contribution in [2.75, 3.05) is 0 Å². The number of aromatic hydroxyl groups is 1. The molecule has 1 amide bonds. The van der Waals surface area contributed by atoms with E-state index in [1.54, 1.807) is 48.5 Å². The van der Waals surface area contributed by atoms with Gasteiger partial charge in [0.2, 0.25) is 5.91 Å². The van der Waals surface area contributed by atoms with Crippen molar-refractivity contribution in [3.63, 3.8) is 0 Å². The first-order chi connectivity index (χ1) is 12.5. The molecule has 2 N–H and O–H groups in total.